The highest BCUT2D eigenvalue weighted by atomic mass is 32.2. The molecule has 1 aromatic carbocycles. The van der Waals surface area contributed by atoms with Crippen molar-refractivity contribution < 1.29 is 9.59 Å². The van der Waals surface area contributed by atoms with Crippen molar-refractivity contribution in [1.29, 1.82) is 0 Å². The maximum atomic E-state index is 13.4. The molecule has 1 atom stereocenters. The molecule has 4 rings (SSSR count). The van der Waals surface area contributed by atoms with E-state index in [4.69, 9.17) is 4.98 Å². The lowest BCUT2D eigenvalue weighted by Gasteiger charge is -2.15. The summed E-state index contributed by atoms with van der Waals surface area (Å²) in [5.41, 5.74) is 2.81. The van der Waals surface area contributed by atoms with E-state index in [9.17, 15) is 14.4 Å². The van der Waals surface area contributed by atoms with Crippen LogP contribution in [0.2, 0.25) is 0 Å². The number of rotatable bonds is 9. The van der Waals surface area contributed by atoms with E-state index in [1.807, 2.05) is 31.2 Å². The summed E-state index contributed by atoms with van der Waals surface area (Å²) in [6, 6.07) is 7.48. The molecule has 2 aromatic heterocycles. The van der Waals surface area contributed by atoms with Crippen LogP contribution in [-0.2, 0) is 30.6 Å². The van der Waals surface area contributed by atoms with Gasteiger partial charge >= 0.3 is 0 Å². The van der Waals surface area contributed by atoms with Gasteiger partial charge in [-0.25, -0.2) is 4.98 Å². The van der Waals surface area contributed by atoms with E-state index in [-0.39, 0.29) is 17.2 Å². The van der Waals surface area contributed by atoms with Gasteiger partial charge in [-0.3, -0.25) is 19.0 Å². The summed E-state index contributed by atoms with van der Waals surface area (Å²) < 4.78 is 1.65. The lowest BCUT2D eigenvalue weighted by Crippen LogP contribution is -2.25. The number of aromatic nitrogens is 2. The molecule has 2 heterocycles. The van der Waals surface area contributed by atoms with Gasteiger partial charge in [0.1, 0.15) is 4.83 Å². The smallest absolute Gasteiger partial charge is 0.263 e. The van der Waals surface area contributed by atoms with E-state index in [0.29, 0.717) is 30.2 Å². The molecule has 1 unspecified atom stereocenters. The average molecular weight is 496 g/mol. The van der Waals surface area contributed by atoms with Crippen LogP contribution < -0.4 is 10.9 Å². The fourth-order valence-electron chi connectivity index (χ4n) is 4.26. The first kappa shape index (κ1) is 24.4. The molecule has 0 spiro atoms. The third-order valence-electron chi connectivity index (χ3n) is 6.03. The van der Waals surface area contributed by atoms with Crippen molar-refractivity contribution in [3.8, 4) is 0 Å². The number of carbonyl (C=O) groups excluding carboxylic acids is 2. The van der Waals surface area contributed by atoms with Crippen LogP contribution in [0, 0.1) is 0 Å². The number of thioether (sulfide) groups is 1. The Labute approximate surface area is 207 Å². The number of Topliss-reactive ketones (excluding diaryl/α,β-unsaturated/α-hetero) is 1. The molecule has 0 saturated heterocycles. The molecule has 1 aliphatic rings. The SMILES string of the molecule is C=CCn1c(SC(C)C(=O)c2ccc(CCNC(C)=O)cc2)nc2sc3c(c2c1=O)CCCC3. The highest BCUT2D eigenvalue weighted by Crippen LogP contribution is 2.35. The van der Waals surface area contributed by atoms with Gasteiger partial charge in [-0.15, -0.1) is 17.9 Å². The number of ketones is 1. The first-order chi connectivity index (χ1) is 16.4. The van der Waals surface area contributed by atoms with Gasteiger partial charge < -0.3 is 5.32 Å². The van der Waals surface area contributed by atoms with Crippen molar-refractivity contribution in [2.75, 3.05) is 6.54 Å². The predicted molar refractivity (Wildman–Crippen MR) is 139 cm³/mol. The van der Waals surface area contributed by atoms with Crippen molar-refractivity contribution in [3.05, 3.63) is 68.8 Å². The van der Waals surface area contributed by atoms with Crippen LogP contribution in [0.25, 0.3) is 10.2 Å². The molecule has 178 valence electrons. The van der Waals surface area contributed by atoms with Gasteiger partial charge in [0, 0.05) is 30.5 Å². The Hall–Kier alpha value is -2.71. The van der Waals surface area contributed by atoms with Gasteiger partial charge in [-0.2, -0.15) is 0 Å². The first-order valence-electron chi connectivity index (χ1n) is 11.6. The number of fused-ring (bicyclic) bond motifs is 3. The minimum absolute atomic E-state index is 0.0108. The second-order valence-corrected chi connectivity index (χ2v) is 10.9. The molecular formula is C26H29N3O3S2. The highest BCUT2D eigenvalue weighted by Gasteiger charge is 2.24. The third kappa shape index (κ3) is 5.18. The fraction of sp³-hybridized carbons (Fsp3) is 0.385. The molecule has 3 aromatic rings. The number of amides is 1. The first-order valence-corrected chi connectivity index (χ1v) is 13.3. The molecule has 1 aliphatic carbocycles. The lowest BCUT2D eigenvalue weighted by molar-refractivity contribution is -0.118. The van der Waals surface area contributed by atoms with E-state index in [1.54, 1.807) is 22.0 Å². The Kier molecular flexibility index (Phi) is 7.68. The van der Waals surface area contributed by atoms with Crippen LogP contribution in [0.15, 0.2) is 46.9 Å². The van der Waals surface area contributed by atoms with E-state index in [1.165, 1.54) is 29.1 Å². The predicted octanol–water partition coefficient (Wildman–Crippen LogP) is 4.56. The molecule has 0 saturated carbocycles. The second-order valence-electron chi connectivity index (χ2n) is 8.54. The van der Waals surface area contributed by atoms with Crippen molar-refractivity contribution in [1.82, 2.24) is 14.9 Å². The summed E-state index contributed by atoms with van der Waals surface area (Å²) in [7, 11) is 0. The van der Waals surface area contributed by atoms with Gasteiger partial charge in [-0.05, 0) is 50.2 Å². The topological polar surface area (TPSA) is 81.1 Å². The highest BCUT2D eigenvalue weighted by molar-refractivity contribution is 8.00. The molecule has 0 fully saturated rings. The average Bonchev–Trinajstić information content (AvgIpc) is 3.19. The number of hydrogen-bond donors (Lipinski definition) is 1. The normalized spacial score (nSPS) is 13.9. The largest absolute Gasteiger partial charge is 0.356 e. The van der Waals surface area contributed by atoms with Crippen LogP contribution in [0.4, 0.5) is 0 Å². The molecule has 6 nitrogen and oxygen atoms in total. The fourth-order valence-corrected chi connectivity index (χ4v) is 6.56. The molecule has 0 bridgehead atoms. The number of carbonyl (C=O) groups is 2. The van der Waals surface area contributed by atoms with E-state index in [2.05, 4.69) is 11.9 Å². The standard InChI is InChI=1S/C26H29N3O3S2/c1-4-15-29-25(32)22-20-7-5-6-8-21(20)34-24(22)28-26(29)33-16(2)23(31)19-11-9-18(10-12-19)13-14-27-17(3)30/h4,9-12,16H,1,5-8,13-15H2,2-3H3,(H,27,30). The number of hydrogen-bond acceptors (Lipinski definition) is 6. The number of thiophene rings is 1. The van der Waals surface area contributed by atoms with E-state index >= 15 is 0 Å². The molecule has 34 heavy (non-hydrogen) atoms. The minimum Gasteiger partial charge on any atom is -0.356 e. The molecule has 0 radical (unpaired) electrons. The maximum Gasteiger partial charge on any atom is 0.263 e. The van der Waals surface area contributed by atoms with Gasteiger partial charge in [0.2, 0.25) is 5.91 Å². The van der Waals surface area contributed by atoms with Crippen LogP contribution in [-0.4, -0.2) is 33.0 Å². The van der Waals surface area contributed by atoms with Gasteiger partial charge in [-0.1, -0.05) is 42.1 Å². The summed E-state index contributed by atoms with van der Waals surface area (Å²) in [5, 5.41) is 3.68. The van der Waals surface area contributed by atoms with Crippen molar-refractivity contribution >= 4 is 45.0 Å². The number of nitrogens with zero attached hydrogens (tertiary/aromatic N) is 2. The summed E-state index contributed by atoms with van der Waals surface area (Å²) in [6.45, 7) is 8.08. The second kappa shape index (κ2) is 10.7. The Morgan fingerprint density at radius 2 is 2.00 bits per heavy atom. The summed E-state index contributed by atoms with van der Waals surface area (Å²) in [4.78, 5) is 44.5. The Bertz CT molecular complexity index is 1290. The quantitative estimate of drug-likeness (QED) is 0.204. The lowest BCUT2D eigenvalue weighted by atomic mass is 9.97. The summed E-state index contributed by atoms with van der Waals surface area (Å²) in [5.74, 6) is -0.0644. The molecule has 1 N–H and O–H groups in total. The van der Waals surface area contributed by atoms with Gasteiger partial charge in [0.25, 0.3) is 5.56 Å². The summed E-state index contributed by atoms with van der Waals surface area (Å²) >= 11 is 2.94. The number of aryl methyl sites for hydroxylation is 2. The minimum atomic E-state index is -0.403. The Balaban J connectivity index is 1.56. The number of nitrogens with one attached hydrogen (secondary N) is 1. The maximum absolute atomic E-state index is 13.4. The van der Waals surface area contributed by atoms with Crippen LogP contribution in [0.3, 0.4) is 0 Å². The molecule has 8 heteroatoms. The third-order valence-corrected chi connectivity index (χ3v) is 8.30. The summed E-state index contributed by atoms with van der Waals surface area (Å²) in [6.07, 6.45) is 6.61. The van der Waals surface area contributed by atoms with E-state index in [0.717, 1.165) is 41.5 Å². The zero-order valence-electron chi connectivity index (χ0n) is 19.6. The van der Waals surface area contributed by atoms with Crippen LogP contribution in [0.5, 0.6) is 0 Å². The monoisotopic (exact) mass is 495 g/mol. The van der Waals surface area contributed by atoms with Crippen LogP contribution >= 0.6 is 23.1 Å². The van der Waals surface area contributed by atoms with Crippen LogP contribution in [0.1, 0.15) is 53.1 Å². The zero-order valence-corrected chi connectivity index (χ0v) is 21.2. The molecule has 1 amide bonds. The van der Waals surface area contributed by atoms with Gasteiger partial charge in [0.15, 0.2) is 10.9 Å². The molecule has 0 aliphatic heterocycles. The van der Waals surface area contributed by atoms with Crippen molar-refractivity contribution in [2.24, 2.45) is 0 Å². The number of benzene rings is 1. The van der Waals surface area contributed by atoms with Crippen molar-refractivity contribution in [3.63, 3.8) is 0 Å². The Morgan fingerprint density at radius 3 is 2.71 bits per heavy atom. The van der Waals surface area contributed by atoms with Gasteiger partial charge in [0.05, 0.1) is 10.6 Å². The van der Waals surface area contributed by atoms with E-state index < -0.39 is 5.25 Å². The molecular weight excluding hydrogens is 466 g/mol. The number of allylic oxidation sites excluding steroid dienone is 1. The zero-order chi connectivity index (χ0) is 24.2. The Morgan fingerprint density at radius 1 is 1.26 bits per heavy atom. The van der Waals surface area contributed by atoms with Crippen molar-refractivity contribution in [2.45, 2.75) is 62.9 Å².